The number of allylic oxidation sites excluding steroid dienone is 1. The van der Waals surface area contributed by atoms with Crippen LogP contribution in [0.1, 0.15) is 19.8 Å². The number of halogens is 2. The minimum Gasteiger partial charge on any atom is -0.440 e. The Morgan fingerprint density at radius 3 is 2.93 bits per heavy atom. The Morgan fingerprint density at radius 2 is 2.22 bits per heavy atom. The average Bonchev–Trinajstić information content (AvgIpc) is 3.03. The molecule has 1 fully saturated rings. The maximum atomic E-state index is 12.3. The second-order valence-corrected chi connectivity index (χ2v) is 6.21. The third-order valence-corrected chi connectivity index (χ3v) is 4.23. The molecule has 8 nitrogen and oxygen atoms in total. The molecule has 1 N–H and O–H groups in total. The van der Waals surface area contributed by atoms with Crippen molar-refractivity contribution >= 4 is 22.8 Å². The van der Waals surface area contributed by atoms with Crippen LogP contribution in [0, 0.1) is 5.92 Å². The summed E-state index contributed by atoms with van der Waals surface area (Å²) < 4.78 is 36.1. The van der Waals surface area contributed by atoms with Crippen molar-refractivity contribution in [1.82, 2.24) is 19.7 Å². The van der Waals surface area contributed by atoms with E-state index >= 15 is 0 Å². The lowest BCUT2D eigenvalue weighted by atomic mass is 10.0. The summed E-state index contributed by atoms with van der Waals surface area (Å²) in [5, 5.41) is 7.35. The molecule has 0 saturated carbocycles. The SMILES string of the molecule is CN=C(/C=C(\C)OC(F)F)Nc1cnc2cnn(CC3CCOCC3)c2n1. The molecular formula is C17H22F2N6O2. The number of aromatic nitrogens is 4. The van der Waals surface area contributed by atoms with Gasteiger partial charge in [-0.25, -0.2) is 14.6 Å². The van der Waals surface area contributed by atoms with Gasteiger partial charge in [0.1, 0.15) is 17.1 Å². The standard InChI is InChI=1S/C17H22F2N6O2/c1-11(27-17(18)19)7-14(20-2)23-15-9-21-13-8-22-25(16(13)24-15)10-12-3-5-26-6-4-12/h7-9,12,17H,3-6,10H2,1-2H3,(H,20,23,24)/b11-7+. The Balaban J connectivity index is 1.75. The fourth-order valence-corrected chi connectivity index (χ4v) is 2.87. The number of alkyl halides is 2. The van der Waals surface area contributed by atoms with Gasteiger partial charge in [-0.15, -0.1) is 0 Å². The van der Waals surface area contributed by atoms with Crippen LogP contribution in [0.4, 0.5) is 14.6 Å². The average molecular weight is 380 g/mol. The largest absolute Gasteiger partial charge is 0.440 e. The second-order valence-electron chi connectivity index (χ2n) is 6.21. The molecule has 2 aromatic rings. The van der Waals surface area contributed by atoms with Crippen LogP contribution in [0.25, 0.3) is 11.2 Å². The first-order chi connectivity index (χ1) is 13.0. The van der Waals surface area contributed by atoms with E-state index in [4.69, 9.17) is 4.74 Å². The van der Waals surface area contributed by atoms with E-state index in [-0.39, 0.29) is 5.76 Å². The van der Waals surface area contributed by atoms with Crippen molar-refractivity contribution in [3.63, 3.8) is 0 Å². The summed E-state index contributed by atoms with van der Waals surface area (Å²) >= 11 is 0. The van der Waals surface area contributed by atoms with Gasteiger partial charge in [0.15, 0.2) is 11.5 Å². The number of nitrogens with one attached hydrogen (secondary N) is 1. The maximum Gasteiger partial charge on any atom is 0.387 e. The highest BCUT2D eigenvalue weighted by Crippen LogP contribution is 2.19. The summed E-state index contributed by atoms with van der Waals surface area (Å²) in [5.74, 6) is 1.30. The highest BCUT2D eigenvalue weighted by Gasteiger charge is 2.17. The zero-order chi connectivity index (χ0) is 19.2. The first-order valence-corrected chi connectivity index (χ1v) is 8.68. The molecule has 2 aromatic heterocycles. The molecule has 3 heterocycles. The summed E-state index contributed by atoms with van der Waals surface area (Å²) in [6, 6.07) is 0. The van der Waals surface area contributed by atoms with Gasteiger partial charge in [-0.05, 0) is 25.7 Å². The molecule has 1 aliphatic rings. The molecular weight excluding hydrogens is 358 g/mol. The Bertz CT molecular complexity index is 830. The topological polar surface area (TPSA) is 86.5 Å². The number of aliphatic imine (C=N–C) groups is 1. The molecule has 0 spiro atoms. The van der Waals surface area contributed by atoms with Crippen molar-refractivity contribution in [2.24, 2.45) is 10.9 Å². The fraction of sp³-hybridized carbons (Fsp3) is 0.529. The predicted molar refractivity (Wildman–Crippen MR) is 96.7 cm³/mol. The highest BCUT2D eigenvalue weighted by molar-refractivity contribution is 6.03. The zero-order valence-corrected chi connectivity index (χ0v) is 15.2. The first kappa shape index (κ1) is 19.2. The molecule has 0 atom stereocenters. The van der Waals surface area contributed by atoms with Gasteiger partial charge in [0.05, 0.1) is 12.4 Å². The number of rotatable bonds is 6. The van der Waals surface area contributed by atoms with Gasteiger partial charge in [0, 0.05) is 32.9 Å². The van der Waals surface area contributed by atoms with E-state index in [0.717, 1.165) is 32.6 Å². The second kappa shape index (κ2) is 8.85. The number of anilines is 1. The lowest BCUT2D eigenvalue weighted by Crippen LogP contribution is -2.21. The molecule has 1 saturated heterocycles. The monoisotopic (exact) mass is 380 g/mol. The van der Waals surface area contributed by atoms with E-state index in [1.807, 2.05) is 4.68 Å². The maximum absolute atomic E-state index is 12.3. The van der Waals surface area contributed by atoms with Gasteiger partial charge >= 0.3 is 6.61 Å². The number of ether oxygens (including phenoxy) is 2. The Hall–Kier alpha value is -2.62. The minimum atomic E-state index is -2.88. The van der Waals surface area contributed by atoms with E-state index < -0.39 is 6.61 Å². The van der Waals surface area contributed by atoms with Crippen molar-refractivity contribution in [1.29, 1.82) is 0 Å². The molecule has 0 amide bonds. The van der Waals surface area contributed by atoms with E-state index in [1.165, 1.54) is 20.0 Å². The van der Waals surface area contributed by atoms with Crippen LogP contribution in [0.5, 0.6) is 0 Å². The van der Waals surface area contributed by atoms with Gasteiger partial charge in [-0.3, -0.25) is 4.99 Å². The molecule has 27 heavy (non-hydrogen) atoms. The van der Waals surface area contributed by atoms with Crippen molar-refractivity contribution in [2.45, 2.75) is 32.9 Å². The van der Waals surface area contributed by atoms with Gasteiger partial charge in [-0.1, -0.05) is 0 Å². The molecule has 0 aliphatic carbocycles. The lowest BCUT2D eigenvalue weighted by Gasteiger charge is -2.21. The fourth-order valence-electron chi connectivity index (χ4n) is 2.87. The zero-order valence-electron chi connectivity index (χ0n) is 15.2. The van der Waals surface area contributed by atoms with Gasteiger partial charge < -0.3 is 14.8 Å². The van der Waals surface area contributed by atoms with Gasteiger partial charge in [0.2, 0.25) is 0 Å². The first-order valence-electron chi connectivity index (χ1n) is 8.68. The quantitative estimate of drug-likeness (QED) is 0.471. The van der Waals surface area contributed by atoms with Crippen LogP contribution in [0.15, 0.2) is 29.2 Å². The molecule has 0 aromatic carbocycles. The lowest BCUT2D eigenvalue weighted by molar-refractivity contribution is -0.0952. The molecule has 1 aliphatic heterocycles. The summed E-state index contributed by atoms with van der Waals surface area (Å²) in [6.45, 7) is 0.837. The predicted octanol–water partition coefficient (Wildman–Crippen LogP) is 2.84. The number of fused-ring (bicyclic) bond motifs is 1. The Labute approximate surface area is 155 Å². The van der Waals surface area contributed by atoms with Gasteiger partial charge in [0.25, 0.3) is 0 Å². The Morgan fingerprint density at radius 1 is 1.44 bits per heavy atom. The van der Waals surface area contributed by atoms with Crippen LogP contribution in [0.2, 0.25) is 0 Å². The number of hydrogen-bond donors (Lipinski definition) is 1. The summed E-state index contributed by atoms with van der Waals surface area (Å²) in [7, 11) is 1.54. The molecule has 10 heteroatoms. The molecule has 3 rings (SSSR count). The van der Waals surface area contributed by atoms with Crippen LogP contribution in [-0.4, -0.2) is 52.5 Å². The molecule has 0 unspecified atom stereocenters. The van der Waals surface area contributed by atoms with Crippen molar-refractivity contribution in [3.8, 4) is 0 Å². The number of nitrogens with zero attached hydrogens (tertiary/aromatic N) is 5. The smallest absolute Gasteiger partial charge is 0.387 e. The van der Waals surface area contributed by atoms with Crippen LogP contribution < -0.4 is 5.32 Å². The van der Waals surface area contributed by atoms with E-state index in [2.05, 4.69) is 30.1 Å². The summed E-state index contributed by atoms with van der Waals surface area (Å²) in [6.07, 6.45) is 6.59. The van der Waals surface area contributed by atoms with Crippen molar-refractivity contribution in [2.75, 3.05) is 25.6 Å². The summed E-state index contributed by atoms with van der Waals surface area (Å²) in [4.78, 5) is 12.9. The third kappa shape index (κ3) is 5.19. The van der Waals surface area contributed by atoms with Crippen LogP contribution >= 0.6 is 0 Å². The molecule has 0 bridgehead atoms. The minimum absolute atomic E-state index is 0.0386. The number of hydrogen-bond acceptors (Lipinski definition) is 6. The van der Waals surface area contributed by atoms with Crippen LogP contribution in [-0.2, 0) is 16.0 Å². The molecule has 0 radical (unpaired) electrons. The molecule has 146 valence electrons. The van der Waals surface area contributed by atoms with E-state index in [0.29, 0.717) is 28.7 Å². The third-order valence-electron chi connectivity index (χ3n) is 4.23. The van der Waals surface area contributed by atoms with E-state index in [1.54, 1.807) is 12.4 Å². The van der Waals surface area contributed by atoms with Crippen molar-refractivity contribution in [3.05, 3.63) is 24.2 Å². The van der Waals surface area contributed by atoms with Crippen molar-refractivity contribution < 1.29 is 18.3 Å². The van der Waals surface area contributed by atoms with Crippen LogP contribution in [0.3, 0.4) is 0 Å². The normalized spacial score (nSPS) is 16.9. The van der Waals surface area contributed by atoms with E-state index in [9.17, 15) is 8.78 Å². The van der Waals surface area contributed by atoms with Gasteiger partial charge in [-0.2, -0.15) is 13.9 Å². The summed E-state index contributed by atoms with van der Waals surface area (Å²) in [5.41, 5.74) is 1.35. The Kier molecular flexibility index (Phi) is 6.28. The highest BCUT2D eigenvalue weighted by atomic mass is 19.3. The number of amidine groups is 1.